The van der Waals surface area contributed by atoms with E-state index in [4.69, 9.17) is 10.5 Å². The van der Waals surface area contributed by atoms with E-state index in [1.165, 1.54) is 26.0 Å². The number of rotatable bonds is 7. The van der Waals surface area contributed by atoms with Gasteiger partial charge in [-0.2, -0.15) is 4.37 Å². The first kappa shape index (κ1) is 17.4. The van der Waals surface area contributed by atoms with Crippen LogP contribution in [0.2, 0.25) is 0 Å². The Hall–Kier alpha value is -1.43. The maximum absolute atomic E-state index is 6.13. The highest BCUT2D eigenvalue weighted by atomic mass is 32.1. The van der Waals surface area contributed by atoms with Gasteiger partial charge in [0.05, 0.1) is 23.4 Å². The van der Waals surface area contributed by atoms with E-state index < -0.39 is 0 Å². The predicted molar refractivity (Wildman–Crippen MR) is 105 cm³/mol. The molecule has 126 valence electrons. The molecule has 0 aromatic carbocycles. The topological polar surface area (TPSA) is 60.2 Å². The highest BCUT2D eigenvalue weighted by Gasteiger charge is 2.19. The second-order valence-corrected chi connectivity index (χ2v) is 8.23. The van der Waals surface area contributed by atoms with Crippen LogP contribution in [0, 0.1) is 11.8 Å². The molecule has 0 radical (unpaired) electrons. The number of methoxy groups -OCH3 is 1. The summed E-state index contributed by atoms with van der Waals surface area (Å²) in [5, 5.41) is 6.70. The van der Waals surface area contributed by atoms with Gasteiger partial charge >= 0.3 is 0 Å². The zero-order valence-corrected chi connectivity index (χ0v) is 16.0. The molecule has 4 nitrogen and oxygen atoms in total. The van der Waals surface area contributed by atoms with Crippen molar-refractivity contribution in [2.75, 3.05) is 19.0 Å². The minimum Gasteiger partial charge on any atom is -0.383 e. The number of nitrogens with one attached hydrogen (secondary N) is 1. The van der Waals surface area contributed by atoms with Crippen LogP contribution in [0.25, 0.3) is 10.2 Å². The minimum atomic E-state index is -0.0265. The lowest BCUT2D eigenvalue weighted by atomic mass is 10.1. The molecule has 3 heterocycles. The third-order valence-electron chi connectivity index (χ3n) is 3.47. The number of ether oxygens (including phenoxy) is 1. The molecule has 7 heteroatoms. The van der Waals surface area contributed by atoms with Crippen LogP contribution in [-0.2, 0) is 17.7 Å². The van der Waals surface area contributed by atoms with E-state index in [9.17, 15) is 0 Å². The fourth-order valence-corrected chi connectivity index (χ4v) is 5.27. The Balaban J connectivity index is 1.88. The molecule has 0 saturated carbocycles. The molecule has 0 bridgehead atoms. The standard InChI is InChI=1S/C17H19N3OS3/c1-3-5-13-14(8-11(18)10-21-2)23-16-15(13)20-24-17(16)19-9-12-6-4-7-22-12/h4,6-7,11,19H,8-10,18H2,1-2H3/t11-/m1/s1. The first-order chi connectivity index (χ1) is 11.7. The number of aromatic nitrogens is 1. The normalized spacial score (nSPS) is 12.1. The van der Waals surface area contributed by atoms with Crippen LogP contribution in [0.3, 0.4) is 0 Å². The van der Waals surface area contributed by atoms with Gasteiger partial charge in [0.1, 0.15) is 10.5 Å². The van der Waals surface area contributed by atoms with Crippen molar-refractivity contribution in [2.45, 2.75) is 25.9 Å². The average Bonchev–Trinajstić information content (AvgIpc) is 3.25. The first-order valence-corrected chi connectivity index (χ1v) is 10.0. The van der Waals surface area contributed by atoms with Crippen LogP contribution >= 0.6 is 34.2 Å². The van der Waals surface area contributed by atoms with Crippen LogP contribution in [-0.4, -0.2) is 24.1 Å². The van der Waals surface area contributed by atoms with Crippen LogP contribution in [0.15, 0.2) is 17.5 Å². The van der Waals surface area contributed by atoms with Gasteiger partial charge < -0.3 is 15.8 Å². The largest absolute Gasteiger partial charge is 0.383 e. The van der Waals surface area contributed by atoms with Crippen molar-refractivity contribution >= 4 is 49.4 Å². The van der Waals surface area contributed by atoms with E-state index >= 15 is 0 Å². The van der Waals surface area contributed by atoms with Gasteiger partial charge in [0.2, 0.25) is 0 Å². The Labute approximate surface area is 153 Å². The van der Waals surface area contributed by atoms with Gasteiger partial charge in [-0.05, 0) is 29.9 Å². The first-order valence-electron chi connectivity index (χ1n) is 7.57. The summed E-state index contributed by atoms with van der Waals surface area (Å²) in [6.07, 6.45) is 0.758. The molecular weight excluding hydrogens is 358 g/mol. The Morgan fingerprint density at radius 3 is 3.04 bits per heavy atom. The summed E-state index contributed by atoms with van der Waals surface area (Å²) in [4.78, 5) is 2.50. The molecule has 3 aromatic heterocycles. The number of nitrogens with zero attached hydrogens (tertiary/aromatic N) is 1. The van der Waals surface area contributed by atoms with E-state index in [2.05, 4.69) is 39.0 Å². The molecular formula is C17H19N3OS3. The van der Waals surface area contributed by atoms with Crippen molar-refractivity contribution in [1.29, 1.82) is 0 Å². The summed E-state index contributed by atoms with van der Waals surface area (Å²) in [5.41, 5.74) is 8.15. The second kappa shape index (κ2) is 8.10. The molecule has 3 aromatic rings. The van der Waals surface area contributed by atoms with Crippen molar-refractivity contribution in [3.8, 4) is 11.8 Å². The van der Waals surface area contributed by atoms with Crippen molar-refractivity contribution < 1.29 is 4.74 Å². The van der Waals surface area contributed by atoms with Gasteiger partial charge in [-0.25, -0.2) is 0 Å². The smallest absolute Gasteiger partial charge is 0.127 e. The van der Waals surface area contributed by atoms with Gasteiger partial charge in [-0.3, -0.25) is 0 Å². The van der Waals surface area contributed by atoms with Crippen molar-refractivity contribution in [1.82, 2.24) is 4.37 Å². The number of fused-ring (bicyclic) bond motifs is 1. The number of anilines is 1. The van der Waals surface area contributed by atoms with Crippen molar-refractivity contribution in [3.05, 3.63) is 32.8 Å². The van der Waals surface area contributed by atoms with E-state index in [1.54, 1.807) is 29.8 Å². The molecule has 0 saturated heterocycles. The molecule has 0 spiro atoms. The molecule has 1 atom stereocenters. The highest BCUT2D eigenvalue weighted by molar-refractivity contribution is 7.24. The SMILES string of the molecule is CC#Cc1c(C[C@@H](N)COC)sc2c(NCc3cccs3)snc12. The Morgan fingerprint density at radius 2 is 2.33 bits per heavy atom. The van der Waals surface area contributed by atoms with E-state index in [0.29, 0.717) is 6.61 Å². The van der Waals surface area contributed by atoms with E-state index in [1.807, 2.05) is 6.92 Å². The summed E-state index contributed by atoms with van der Waals surface area (Å²) in [5.74, 6) is 6.21. The lowest BCUT2D eigenvalue weighted by Crippen LogP contribution is -2.27. The number of nitrogens with two attached hydrogens (primary N) is 1. The Morgan fingerprint density at radius 1 is 1.46 bits per heavy atom. The molecule has 0 unspecified atom stereocenters. The third-order valence-corrected chi connectivity index (χ3v) is 6.50. The molecule has 3 N–H and O–H groups in total. The Bertz CT molecular complexity index is 855. The quantitative estimate of drug-likeness (QED) is 0.613. The molecule has 0 aliphatic carbocycles. The van der Waals surface area contributed by atoms with Crippen molar-refractivity contribution in [3.63, 3.8) is 0 Å². The average molecular weight is 378 g/mol. The summed E-state index contributed by atoms with van der Waals surface area (Å²) >= 11 is 4.99. The summed E-state index contributed by atoms with van der Waals surface area (Å²) in [7, 11) is 1.67. The monoisotopic (exact) mass is 377 g/mol. The zero-order valence-electron chi connectivity index (χ0n) is 13.6. The third kappa shape index (κ3) is 3.79. The molecule has 0 aliphatic rings. The predicted octanol–water partition coefficient (Wildman–Crippen LogP) is 3.92. The van der Waals surface area contributed by atoms with Crippen LogP contribution in [0.1, 0.15) is 22.2 Å². The second-order valence-electron chi connectivity index (χ2n) is 5.32. The summed E-state index contributed by atoms with van der Waals surface area (Å²) in [6.45, 7) is 3.21. The maximum atomic E-state index is 6.13. The number of hydrogen-bond donors (Lipinski definition) is 2. The molecule has 0 amide bonds. The summed E-state index contributed by atoms with van der Waals surface area (Å²) < 4.78 is 11.0. The zero-order chi connectivity index (χ0) is 16.9. The maximum Gasteiger partial charge on any atom is 0.127 e. The van der Waals surface area contributed by atoms with Crippen LogP contribution in [0.5, 0.6) is 0 Å². The molecule has 0 fully saturated rings. The summed E-state index contributed by atoms with van der Waals surface area (Å²) in [6, 6.07) is 4.17. The highest BCUT2D eigenvalue weighted by Crippen LogP contribution is 2.39. The van der Waals surface area contributed by atoms with Crippen molar-refractivity contribution in [2.24, 2.45) is 5.73 Å². The van der Waals surface area contributed by atoms with Crippen LogP contribution in [0.4, 0.5) is 5.00 Å². The number of hydrogen-bond acceptors (Lipinski definition) is 7. The van der Waals surface area contributed by atoms with Gasteiger partial charge in [-0.1, -0.05) is 12.0 Å². The van der Waals surface area contributed by atoms with Gasteiger partial charge in [0.25, 0.3) is 0 Å². The Kier molecular flexibility index (Phi) is 5.87. The minimum absolute atomic E-state index is 0.0265. The number of thiophene rings is 2. The van der Waals surface area contributed by atoms with Crippen LogP contribution < -0.4 is 11.1 Å². The van der Waals surface area contributed by atoms with Gasteiger partial charge in [0.15, 0.2) is 0 Å². The molecule has 3 rings (SSSR count). The molecule has 24 heavy (non-hydrogen) atoms. The lowest BCUT2D eigenvalue weighted by molar-refractivity contribution is 0.180. The fraction of sp³-hybridized carbons (Fsp3) is 0.353. The fourth-order valence-electron chi connectivity index (χ4n) is 2.44. The molecule has 0 aliphatic heterocycles. The van der Waals surface area contributed by atoms with Gasteiger partial charge in [-0.15, -0.1) is 28.6 Å². The van der Waals surface area contributed by atoms with E-state index in [-0.39, 0.29) is 6.04 Å². The lowest BCUT2D eigenvalue weighted by Gasteiger charge is -2.08. The van der Waals surface area contributed by atoms with Gasteiger partial charge in [0, 0.05) is 29.3 Å². The van der Waals surface area contributed by atoms with E-state index in [0.717, 1.165) is 29.0 Å².